The van der Waals surface area contributed by atoms with Gasteiger partial charge in [0.25, 0.3) is 5.69 Å². The summed E-state index contributed by atoms with van der Waals surface area (Å²) in [6.07, 6.45) is 4.86. The molecule has 0 saturated carbocycles. The number of hydrogen-bond donors (Lipinski definition) is 0. The van der Waals surface area contributed by atoms with Crippen LogP contribution in [0.2, 0.25) is 0 Å². The largest absolute Gasteiger partial charge is 0.275 e. The Labute approximate surface area is 89.3 Å². The van der Waals surface area contributed by atoms with Gasteiger partial charge in [0.2, 0.25) is 0 Å². The topological polar surface area (TPSA) is 43.1 Å². The van der Waals surface area contributed by atoms with Crippen molar-refractivity contribution in [1.29, 1.82) is 0 Å². The van der Waals surface area contributed by atoms with Gasteiger partial charge in [-0.05, 0) is 37.7 Å². The van der Waals surface area contributed by atoms with Crippen LogP contribution in [-0.2, 0) is 19.3 Å². The maximum absolute atomic E-state index is 11.1. The summed E-state index contributed by atoms with van der Waals surface area (Å²) >= 11 is 0. The van der Waals surface area contributed by atoms with Crippen LogP contribution >= 0.6 is 0 Å². The summed E-state index contributed by atoms with van der Waals surface area (Å²) in [5, 5.41) is 11.1. The summed E-state index contributed by atoms with van der Waals surface area (Å²) in [6.45, 7) is 1.97. The summed E-state index contributed by atoms with van der Waals surface area (Å²) in [5.41, 5.74) is 3.44. The van der Waals surface area contributed by atoms with Gasteiger partial charge in [0.15, 0.2) is 0 Å². The van der Waals surface area contributed by atoms with Gasteiger partial charge in [-0.25, -0.2) is 0 Å². The second-order valence-electron chi connectivity index (χ2n) is 4.03. The van der Waals surface area contributed by atoms with Crippen molar-refractivity contribution in [2.75, 3.05) is 0 Å². The summed E-state index contributed by atoms with van der Waals surface area (Å²) in [7, 11) is 0. The molecule has 0 saturated heterocycles. The first-order chi connectivity index (χ1) is 7.24. The molecule has 0 aromatic heterocycles. The molecule has 2 rings (SSSR count). The minimum atomic E-state index is -0.205. The van der Waals surface area contributed by atoms with Gasteiger partial charge in [0, 0.05) is 11.1 Å². The SMILES string of the molecule is CCc1ccc2c(c1[N+](=O)[O-])CCCC2. The molecule has 15 heavy (non-hydrogen) atoms. The van der Waals surface area contributed by atoms with E-state index in [-0.39, 0.29) is 4.92 Å². The zero-order valence-electron chi connectivity index (χ0n) is 8.95. The lowest BCUT2D eigenvalue weighted by atomic mass is 9.88. The molecular weight excluding hydrogens is 190 g/mol. The normalized spacial score (nSPS) is 14.7. The van der Waals surface area contributed by atoms with Crippen LogP contribution in [0.5, 0.6) is 0 Å². The standard InChI is InChI=1S/C12H15NO2/c1-2-9-7-8-10-5-3-4-6-11(10)12(9)13(14)15/h7-8H,2-6H2,1H3. The average molecular weight is 205 g/mol. The van der Waals surface area contributed by atoms with Gasteiger partial charge in [-0.3, -0.25) is 10.1 Å². The molecule has 0 N–H and O–H groups in total. The third kappa shape index (κ3) is 1.74. The van der Waals surface area contributed by atoms with Gasteiger partial charge in [0.05, 0.1) is 4.92 Å². The van der Waals surface area contributed by atoms with E-state index in [1.807, 2.05) is 13.0 Å². The van der Waals surface area contributed by atoms with Crippen LogP contribution in [0.15, 0.2) is 12.1 Å². The first-order valence-corrected chi connectivity index (χ1v) is 5.52. The van der Waals surface area contributed by atoms with Crippen LogP contribution < -0.4 is 0 Å². The van der Waals surface area contributed by atoms with Crippen molar-refractivity contribution in [3.8, 4) is 0 Å². The summed E-state index contributed by atoms with van der Waals surface area (Å²) in [5.74, 6) is 0. The minimum absolute atomic E-state index is 0.205. The van der Waals surface area contributed by atoms with Gasteiger partial charge in [-0.1, -0.05) is 19.1 Å². The maximum atomic E-state index is 11.1. The Morgan fingerprint density at radius 1 is 1.33 bits per heavy atom. The lowest BCUT2D eigenvalue weighted by molar-refractivity contribution is -0.386. The van der Waals surface area contributed by atoms with E-state index in [0.29, 0.717) is 5.69 Å². The van der Waals surface area contributed by atoms with Crippen molar-refractivity contribution in [2.45, 2.75) is 39.0 Å². The smallest absolute Gasteiger partial charge is 0.258 e. The molecule has 1 aliphatic rings. The van der Waals surface area contributed by atoms with Gasteiger partial charge < -0.3 is 0 Å². The Kier molecular flexibility index (Phi) is 2.71. The number of fused-ring (bicyclic) bond motifs is 1. The van der Waals surface area contributed by atoms with Crippen LogP contribution in [0.25, 0.3) is 0 Å². The number of nitro groups is 1. The van der Waals surface area contributed by atoms with Crippen LogP contribution in [0, 0.1) is 10.1 Å². The lowest BCUT2D eigenvalue weighted by Gasteiger charge is -2.16. The van der Waals surface area contributed by atoms with Crippen molar-refractivity contribution >= 4 is 5.69 Å². The molecule has 0 heterocycles. The van der Waals surface area contributed by atoms with Gasteiger partial charge in [-0.2, -0.15) is 0 Å². The average Bonchev–Trinajstić information content (AvgIpc) is 2.27. The number of benzene rings is 1. The van der Waals surface area contributed by atoms with E-state index < -0.39 is 0 Å². The highest BCUT2D eigenvalue weighted by Gasteiger charge is 2.23. The maximum Gasteiger partial charge on any atom is 0.275 e. The fourth-order valence-electron chi connectivity index (χ4n) is 2.37. The Morgan fingerprint density at radius 3 is 2.73 bits per heavy atom. The van der Waals surface area contributed by atoms with Crippen molar-refractivity contribution in [1.82, 2.24) is 0 Å². The molecule has 80 valence electrons. The fourth-order valence-corrected chi connectivity index (χ4v) is 2.37. The number of hydrogen-bond acceptors (Lipinski definition) is 2. The molecule has 1 aromatic carbocycles. The predicted molar refractivity (Wildman–Crippen MR) is 59.1 cm³/mol. The molecule has 0 amide bonds. The van der Waals surface area contributed by atoms with E-state index in [1.54, 1.807) is 0 Å². The minimum Gasteiger partial charge on any atom is -0.258 e. The Hall–Kier alpha value is -1.38. The number of nitro benzene ring substituents is 1. The van der Waals surface area contributed by atoms with Crippen LogP contribution in [0.3, 0.4) is 0 Å². The molecule has 1 aromatic rings. The Balaban J connectivity index is 2.59. The molecule has 3 nitrogen and oxygen atoms in total. The summed E-state index contributed by atoms with van der Waals surface area (Å²) in [4.78, 5) is 10.9. The lowest BCUT2D eigenvalue weighted by Crippen LogP contribution is -2.08. The molecule has 0 spiro atoms. The van der Waals surface area contributed by atoms with E-state index >= 15 is 0 Å². The number of rotatable bonds is 2. The van der Waals surface area contributed by atoms with Crippen molar-refractivity contribution < 1.29 is 4.92 Å². The molecule has 0 radical (unpaired) electrons. The molecule has 0 unspecified atom stereocenters. The first-order valence-electron chi connectivity index (χ1n) is 5.52. The second-order valence-corrected chi connectivity index (χ2v) is 4.03. The zero-order valence-corrected chi connectivity index (χ0v) is 8.95. The van der Waals surface area contributed by atoms with Gasteiger partial charge in [0.1, 0.15) is 0 Å². The highest BCUT2D eigenvalue weighted by atomic mass is 16.6. The van der Waals surface area contributed by atoms with E-state index in [9.17, 15) is 10.1 Å². The molecule has 0 bridgehead atoms. The zero-order chi connectivity index (χ0) is 10.8. The van der Waals surface area contributed by atoms with Crippen molar-refractivity contribution in [2.24, 2.45) is 0 Å². The third-order valence-electron chi connectivity index (χ3n) is 3.15. The van der Waals surface area contributed by atoms with Gasteiger partial charge in [-0.15, -0.1) is 0 Å². The first kappa shape index (κ1) is 10.1. The Bertz CT molecular complexity index is 399. The molecule has 0 atom stereocenters. The monoisotopic (exact) mass is 205 g/mol. The van der Waals surface area contributed by atoms with E-state index in [1.165, 1.54) is 5.56 Å². The Morgan fingerprint density at radius 2 is 2.07 bits per heavy atom. The highest BCUT2D eigenvalue weighted by molar-refractivity contribution is 5.52. The number of nitrogens with zero attached hydrogens (tertiary/aromatic N) is 1. The van der Waals surface area contributed by atoms with Crippen LogP contribution in [-0.4, -0.2) is 4.92 Å². The van der Waals surface area contributed by atoms with Crippen LogP contribution in [0.1, 0.15) is 36.5 Å². The van der Waals surface area contributed by atoms with E-state index in [0.717, 1.165) is 43.2 Å². The molecule has 3 heteroatoms. The van der Waals surface area contributed by atoms with Gasteiger partial charge >= 0.3 is 0 Å². The summed E-state index contributed by atoms with van der Waals surface area (Å²) < 4.78 is 0. The van der Waals surface area contributed by atoms with E-state index in [4.69, 9.17) is 0 Å². The second kappa shape index (κ2) is 4.01. The fraction of sp³-hybridized carbons (Fsp3) is 0.500. The predicted octanol–water partition coefficient (Wildman–Crippen LogP) is 3.04. The molecule has 1 aliphatic carbocycles. The van der Waals surface area contributed by atoms with Crippen molar-refractivity contribution in [3.63, 3.8) is 0 Å². The molecule has 0 aliphatic heterocycles. The quantitative estimate of drug-likeness (QED) is 0.550. The molecule has 0 fully saturated rings. The van der Waals surface area contributed by atoms with E-state index in [2.05, 4.69) is 6.07 Å². The molecular formula is C12H15NO2. The highest BCUT2D eigenvalue weighted by Crippen LogP contribution is 2.32. The third-order valence-corrected chi connectivity index (χ3v) is 3.15. The van der Waals surface area contributed by atoms with Crippen LogP contribution in [0.4, 0.5) is 5.69 Å². The van der Waals surface area contributed by atoms with Crippen molar-refractivity contribution in [3.05, 3.63) is 38.9 Å². The summed E-state index contributed by atoms with van der Waals surface area (Å²) in [6, 6.07) is 3.99. The number of aryl methyl sites for hydroxylation is 2.